The Morgan fingerprint density at radius 1 is 1.33 bits per heavy atom. The lowest BCUT2D eigenvalue weighted by atomic mass is 10.2. The molecule has 1 fully saturated rings. The average molecular weight is 280 g/mol. The third-order valence-electron chi connectivity index (χ3n) is 2.89. The maximum atomic E-state index is 8.76. The second kappa shape index (κ2) is 4.27. The summed E-state index contributed by atoms with van der Waals surface area (Å²) in [5.41, 5.74) is 0.744. The highest BCUT2D eigenvalue weighted by Gasteiger charge is 2.43. The molecule has 0 radical (unpaired) electrons. The Kier molecular flexibility index (Phi) is 2.73. The molecule has 1 aromatic heterocycles. The standard InChI is InChI=1S/C12H7Cl2N3O/c13-9-2-1-6(4-10(9)14)11-16-12(18-17-11)8-3-7(8)5-15/h1-2,4,7-8H,3H2. The minimum Gasteiger partial charge on any atom is -0.339 e. The first-order valence-corrected chi connectivity index (χ1v) is 6.13. The molecule has 3 rings (SSSR count). The zero-order valence-electron chi connectivity index (χ0n) is 9.10. The van der Waals surface area contributed by atoms with Gasteiger partial charge in [-0.2, -0.15) is 10.2 Å². The lowest BCUT2D eigenvalue weighted by Gasteiger charge is -1.97. The van der Waals surface area contributed by atoms with Crippen molar-refractivity contribution in [3.63, 3.8) is 0 Å². The molecule has 0 aliphatic heterocycles. The van der Waals surface area contributed by atoms with Gasteiger partial charge in [0.15, 0.2) is 0 Å². The molecule has 4 nitrogen and oxygen atoms in total. The van der Waals surface area contributed by atoms with Gasteiger partial charge in [-0.05, 0) is 24.6 Å². The molecule has 1 aromatic carbocycles. The first-order valence-electron chi connectivity index (χ1n) is 5.37. The van der Waals surface area contributed by atoms with Crippen molar-refractivity contribution in [1.82, 2.24) is 10.1 Å². The van der Waals surface area contributed by atoms with E-state index < -0.39 is 0 Å². The molecule has 2 aromatic rings. The van der Waals surface area contributed by atoms with E-state index in [-0.39, 0.29) is 11.8 Å². The lowest BCUT2D eigenvalue weighted by molar-refractivity contribution is 0.378. The molecule has 0 spiro atoms. The predicted molar refractivity (Wildman–Crippen MR) is 66.2 cm³/mol. The third-order valence-corrected chi connectivity index (χ3v) is 3.63. The fourth-order valence-corrected chi connectivity index (χ4v) is 2.05. The van der Waals surface area contributed by atoms with Gasteiger partial charge >= 0.3 is 0 Å². The highest BCUT2D eigenvalue weighted by atomic mass is 35.5. The van der Waals surface area contributed by atoms with Gasteiger partial charge in [0, 0.05) is 5.56 Å². The van der Waals surface area contributed by atoms with Crippen LogP contribution in [0.1, 0.15) is 18.2 Å². The number of nitriles is 1. The monoisotopic (exact) mass is 279 g/mol. The second-order valence-corrected chi connectivity index (χ2v) is 4.98. The zero-order chi connectivity index (χ0) is 12.7. The van der Waals surface area contributed by atoms with E-state index in [1.54, 1.807) is 18.2 Å². The molecule has 0 saturated heterocycles. The van der Waals surface area contributed by atoms with E-state index in [2.05, 4.69) is 16.2 Å². The minimum atomic E-state index is 0.00658. The van der Waals surface area contributed by atoms with Crippen LogP contribution in [0.15, 0.2) is 22.7 Å². The van der Waals surface area contributed by atoms with Crippen LogP contribution < -0.4 is 0 Å². The normalized spacial score (nSPS) is 21.6. The van der Waals surface area contributed by atoms with E-state index in [1.807, 2.05) is 0 Å². The summed E-state index contributed by atoms with van der Waals surface area (Å²) in [5.74, 6) is 1.07. The molecule has 2 unspecified atom stereocenters. The van der Waals surface area contributed by atoms with Crippen LogP contribution in [0.3, 0.4) is 0 Å². The third kappa shape index (κ3) is 1.96. The van der Waals surface area contributed by atoms with Crippen molar-refractivity contribution in [2.75, 3.05) is 0 Å². The fourth-order valence-electron chi connectivity index (χ4n) is 1.75. The van der Waals surface area contributed by atoms with Crippen LogP contribution in [0.5, 0.6) is 0 Å². The summed E-state index contributed by atoms with van der Waals surface area (Å²) in [7, 11) is 0. The van der Waals surface area contributed by atoms with Crippen molar-refractivity contribution in [1.29, 1.82) is 5.26 Å². The zero-order valence-corrected chi connectivity index (χ0v) is 10.6. The lowest BCUT2D eigenvalue weighted by Crippen LogP contribution is -1.84. The topological polar surface area (TPSA) is 62.7 Å². The van der Waals surface area contributed by atoms with E-state index in [4.69, 9.17) is 33.0 Å². The van der Waals surface area contributed by atoms with E-state index in [9.17, 15) is 0 Å². The van der Waals surface area contributed by atoms with Crippen LogP contribution in [0.25, 0.3) is 11.4 Å². The van der Waals surface area contributed by atoms with E-state index >= 15 is 0 Å². The van der Waals surface area contributed by atoms with Gasteiger partial charge in [0.2, 0.25) is 11.7 Å². The fraction of sp³-hybridized carbons (Fsp3) is 0.250. The minimum absolute atomic E-state index is 0.00658. The van der Waals surface area contributed by atoms with Crippen molar-refractivity contribution >= 4 is 23.2 Å². The molecule has 1 aliphatic rings. The molecular weight excluding hydrogens is 273 g/mol. The number of halogens is 2. The summed E-state index contributed by atoms with van der Waals surface area (Å²) >= 11 is 11.8. The number of rotatable bonds is 2. The van der Waals surface area contributed by atoms with Gasteiger partial charge < -0.3 is 4.52 Å². The van der Waals surface area contributed by atoms with Gasteiger partial charge in [-0.25, -0.2) is 0 Å². The Morgan fingerprint density at radius 2 is 2.17 bits per heavy atom. The Balaban J connectivity index is 1.89. The Hall–Kier alpha value is -1.57. The molecule has 18 heavy (non-hydrogen) atoms. The smallest absolute Gasteiger partial charge is 0.231 e. The first-order chi connectivity index (χ1) is 8.69. The van der Waals surface area contributed by atoms with Crippen LogP contribution >= 0.6 is 23.2 Å². The van der Waals surface area contributed by atoms with Crippen molar-refractivity contribution in [3.05, 3.63) is 34.1 Å². The highest BCUT2D eigenvalue weighted by molar-refractivity contribution is 6.42. The quantitative estimate of drug-likeness (QED) is 0.841. The number of hydrogen-bond donors (Lipinski definition) is 0. The van der Waals surface area contributed by atoms with Crippen molar-refractivity contribution in [3.8, 4) is 17.5 Å². The largest absolute Gasteiger partial charge is 0.339 e. The Morgan fingerprint density at radius 3 is 2.83 bits per heavy atom. The predicted octanol–water partition coefficient (Wildman–Crippen LogP) is 3.67. The summed E-state index contributed by atoms with van der Waals surface area (Å²) in [6.45, 7) is 0. The van der Waals surface area contributed by atoms with E-state index in [0.717, 1.165) is 12.0 Å². The summed E-state index contributed by atoms with van der Waals surface area (Å²) < 4.78 is 5.16. The van der Waals surface area contributed by atoms with Gasteiger partial charge in [0.25, 0.3) is 0 Å². The summed E-state index contributed by atoms with van der Waals surface area (Å²) in [4.78, 5) is 4.28. The van der Waals surface area contributed by atoms with Crippen LogP contribution in [-0.4, -0.2) is 10.1 Å². The van der Waals surface area contributed by atoms with Crippen LogP contribution in [0.2, 0.25) is 10.0 Å². The molecule has 6 heteroatoms. The average Bonchev–Trinajstić information content (AvgIpc) is 3.01. The highest BCUT2D eigenvalue weighted by Crippen LogP contribution is 2.46. The molecule has 1 saturated carbocycles. The molecule has 1 aliphatic carbocycles. The SMILES string of the molecule is N#CC1CC1c1nc(-c2ccc(Cl)c(Cl)c2)no1. The molecule has 90 valence electrons. The molecule has 0 N–H and O–H groups in total. The van der Waals surface area contributed by atoms with Crippen LogP contribution in [0, 0.1) is 17.2 Å². The van der Waals surface area contributed by atoms with E-state index in [1.165, 1.54) is 0 Å². The number of nitrogens with zero attached hydrogens (tertiary/aromatic N) is 3. The Labute approximate surface area is 113 Å². The summed E-state index contributed by atoms with van der Waals surface area (Å²) in [5, 5.41) is 13.6. The molecule has 1 heterocycles. The van der Waals surface area contributed by atoms with Crippen LogP contribution in [0.4, 0.5) is 0 Å². The van der Waals surface area contributed by atoms with Gasteiger partial charge in [0.05, 0.1) is 28.0 Å². The van der Waals surface area contributed by atoms with Crippen LogP contribution in [-0.2, 0) is 0 Å². The summed E-state index contributed by atoms with van der Waals surface area (Å²) in [6, 6.07) is 7.33. The number of aromatic nitrogens is 2. The second-order valence-electron chi connectivity index (χ2n) is 4.16. The van der Waals surface area contributed by atoms with Gasteiger partial charge in [0.1, 0.15) is 0 Å². The first kappa shape index (κ1) is 11.5. The van der Waals surface area contributed by atoms with Crippen molar-refractivity contribution in [2.24, 2.45) is 5.92 Å². The Bertz CT molecular complexity index is 647. The maximum absolute atomic E-state index is 8.76. The van der Waals surface area contributed by atoms with Gasteiger partial charge in [-0.15, -0.1) is 0 Å². The summed E-state index contributed by atoms with van der Waals surface area (Å²) in [6.07, 6.45) is 0.791. The molecule has 2 atom stereocenters. The number of hydrogen-bond acceptors (Lipinski definition) is 4. The van der Waals surface area contributed by atoms with Gasteiger partial charge in [-0.1, -0.05) is 28.4 Å². The van der Waals surface area contributed by atoms with Crippen molar-refractivity contribution < 1.29 is 4.52 Å². The molecule has 0 bridgehead atoms. The van der Waals surface area contributed by atoms with E-state index in [0.29, 0.717) is 21.8 Å². The van der Waals surface area contributed by atoms with Crippen molar-refractivity contribution in [2.45, 2.75) is 12.3 Å². The van der Waals surface area contributed by atoms with Gasteiger partial charge in [-0.3, -0.25) is 0 Å². The maximum Gasteiger partial charge on any atom is 0.231 e. The molecule has 0 amide bonds. The number of benzene rings is 1. The molecular formula is C12H7Cl2N3O.